The van der Waals surface area contributed by atoms with Crippen molar-refractivity contribution in [2.75, 3.05) is 7.11 Å². The van der Waals surface area contributed by atoms with Crippen LogP contribution in [0.15, 0.2) is 0 Å². The van der Waals surface area contributed by atoms with Crippen molar-refractivity contribution in [2.45, 2.75) is 17.6 Å². The number of rotatable bonds is 3. The molecule has 0 bridgehead atoms. The van der Waals surface area contributed by atoms with Crippen LogP contribution in [0.4, 0.5) is 0 Å². The molecule has 3 heteroatoms. The normalized spacial score (nSPS) is 8.75. The fraction of sp³-hybridized carbons (Fsp3) is 0.800. The predicted octanol–water partition coefficient (Wildman–Crippen LogP) is 0.720. The van der Waals surface area contributed by atoms with Crippen molar-refractivity contribution in [3.05, 3.63) is 0 Å². The quantitative estimate of drug-likeness (QED) is 0.473. The molecule has 0 aliphatic heterocycles. The average Bonchev–Trinajstić information content (AvgIpc) is 1.83. The Balaban J connectivity index is 2.99. The van der Waals surface area contributed by atoms with Gasteiger partial charge in [-0.25, -0.2) is 0 Å². The molecule has 0 aliphatic carbocycles. The summed E-state index contributed by atoms with van der Waals surface area (Å²) in [6, 6.07) is 0. The molecule has 0 saturated carbocycles. The molecule has 0 unspecified atom stereocenters. The zero-order valence-electron chi connectivity index (χ0n) is 5.14. The number of hydrogen-bond donors (Lipinski definition) is 0. The Morgan fingerprint density at radius 3 is 2.75 bits per heavy atom. The SMILES string of the molecule is COC(=O)CC[Se]C. The van der Waals surface area contributed by atoms with Crippen LogP contribution in [-0.2, 0) is 9.53 Å². The number of ether oxygens (including phenoxy) is 1. The zero-order chi connectivity index (χ0) is 6.41. The summed E-state index contributed by atoms with van der Waals surface area (Å²) in [5.74, 6) is 2.02. The van der Waals surface area contributed by atoms with E-state index in [-0.39, 0.29) is 5.97 Å². The Morgan fingerprint density at radius 1 is 1.75 bits per heavy atom. The molecule has 0 atom stereocenters. The van der Waals surface area contributed by atoms with Crippen LogP contribution in [0.1, 0.15) is 6.42 Å². The first-order valence-electron chi connectivity index (χ1n) is 2.37. The second-order valence-corrected chi connectivity index (χ2v) is 3.39. The van der Waals surface area contributed by atoms with Crippen LogP contribution in [-0.4, -0.2) is 28.0 Å². The first-order chi connectivity index (χ1) is 3.81. The van der Waals surface area contributed by atoms with Gasteiger partial charge in [0.1, 0.15) is 0 Å². The fourth-order valence-corrected chi connectivity index (χ4v) is 1.07. The van der Waals surface area contributed by atoms with Gasteiger partial charge in [0, 0.05) is 0 Å². The minimum absolute atomic E-state index is 0.0891. The third kappa shape index (κ3) is 4.16. The molecule has 0 aliphatic rings. The number of carbonyl (C=O) groups is 1. The topological polar surface area (TPSA) is 26.3 Å². The van der Waals surface area contributed by atoms with Gasteiger partial charge in [0.05, 0.1) is 0 Å². The minimum atomic E-state index is -0.0891. The molecule has 0 fully saturated rings. The van der Waals surface area contributed by atoms with E-state index in [9.17, 15) is 4.79 Å². The third-order valence-corrected chi connectivity index (χ3v) is 2.02. The fourth-order valence-electron chi connectivity index (χ4n) is 0.287. The summed E-state index contributed by atoms with van der Waals surface area (Å²) < 4.78 is 4.42. The van der Waals surface area contributed by atoms with Crippen LogP contribution < -0.4 is 0 Å². The van der Waals surface area contributed by atoms with Gasteiger partial charge < -0.3 is 0 Å². The number of esters is 1. The van der Waals surface area contributed by atoms with Gasteiger partial charge in [-0.2, -0.15) is 0 Å². The molecule has 0 aromatic carbocycles. The Morgan fingerprint density at radius 2 is 2.38 bits per heavy atom. The van der Waals surface area contributed by atoms with Crippen LogP contribution in [0.2, 0.25) is 11.1 Å². The second kappa shape index (κ2) is 5.13. The summed E-state index contributed by atoms with van der Waals surface area (Å²) in [5, 5.41) is 1.000. The molecule has 0 aromatic rings. The van der Waals surface area contributed by atoms with Crippen LogP contribution in [0.5, 0.6) is 0 Å². The number of methoxy groups -OCH3 is 1. The van der Waals surface area contributed by atoms with E-state index in [4.69, 9.17) is 0 Å². The molecule has 0 aromatic heterocycles. The average molecular weight is 181 g/mol. The monoisotopic (exact) mass is 182 g/mol. The Labute approximate surface area is 55.8 Å². The van der Waals surface area contributed by atoms with E-state index in [1.54, 1.807) is 0 Å². The van der Waals surface area contributed by atoms with Gasteiger partial charge in [-0.1, -0.05) is 0 Å². The molecule has 48 valence electrons. The summed E-state index contributed by atoms with van der Waals surface area (Å²) in [6.07, 6.45) is 0.590. The molecule has 0 spiro atoms. The summed E-state index contributed by atoms with van der Waals surface area (Å²) in [5.41, 5.74) is 0. The zero-order valence-corrected chi connectivity index (χ0v) is 6.85. The van der Waals surface area contributed by atoms with Crippen molar-refractivity contribution in [3.8, 4) is 0 Å². The van der Waals surface area contributed by atoms with Gasteiger partial charge in [-0.15, -0.1) is 0 Å². The standard InChI is InChI=1S/C5H10O2Se/c1-7-5(6)3-4-8-2/h3-4H2,1-2H3. The first kappa shape index (κ1) is 7.99. The van der Waals surface area contributed by atoms with E-state index in [1.165, 1.54) is 7.11 Å². The van der Waals surface area contributed by atoms with Crippen LogP contribution >= 0.6 is 0 Å². The molecular formula is C5H10O2Se. The first-order valence-corrected chi connectivity index (χ1v) is 5.29. The van der Waals surface area contributed by atoms with Gasteiger partial charge in [0.2, 0.25) is 0 Å². The van der Waals surface area contributed by atoms with E-state index >= 15 is 0 Å². The molecule has 2 nitrogen and oxygen atoms in total. The number of carbonyl (C=O) groups excluding carboxylic acids is 1. The van der Waals surface area contributed by atoms with Crippen molar-refractivity contribution in [3.63, 3.8) is 0 Å². The maximum atomic E-state index is 10.4. The summed E-state index contributed by atoms with van der Waals surface area (Å²) in [7, 11) is 1.42. The van der Waals surface area contributed by atoms with E-state index in [2.05, 4.69) is 10.6 Å². The molecule has 0 rings (SSSR count). The Hall–Kier alpha value is -0.0105. The van der Waals surface area contributed by atoms with Gasteiger partial charge in [0.15, 0.2) is 0 Å². The van der Waals surface area contributed by atoms with Gasteiger partial charge >= 0.3 is 55.1 Å². The molecule has 0 saturated heterocycles. The summed E-state index contributed by atoms with van der Waals surface area (Å²) in [4.78, 5) is 10.4. The van der Waals surface area contributed by atoms with Crippen LogP contribution in [0.25, 0.3) is 0 Å². The van der Waals surface area contributed by atoms with Gasteiger partial charge in [0.25, 0.3) is 0 Å². The van der Waals surface area contributed by atoms with Crippen molar-refractivity contribution < 1.29 is 9.53 Å². The molecule has 0 amide bonds. The van der Waals surface area contributed by atoms with Gasteiger partial charge in [-0.3, -0.25) is 0 Å². The van der Waals surface area contributed by atoms with Crippen LogP contribution in [0, 0.1) is 0 Å². The van der Waals surface area contributed by atoms with E-state index in [0.717, 1.165) is 5.32 Å². The van der Waals surface area contributed by atoms with Crippen molar-refractivity contribution in [2.24, 2.45) is 0 Å². The second-order valence-electron chi connectivity index (χ2n) is 1.32. The molecular weight excluding hydrogens is 171 g/mol. The van der Waals surface area contributed by atoms with Crippen molar-refractivity contribution >= 4 is 20.9 Å². The van der Waals surface area contributed by atoms with Gasteiger partial charge in [-0.05, 0) is 0 Å². The van der Waals surface area contributed by atoms with E-state index in [0.29, 0.717) is 21.4 Å². The van der Waals surface area contributed by atoms with Crippen molar-refractivity contribution in [1.82, 2.24) is 0 Å². The summed E-state index contributed by atoms with van der Waals surface area (Å²) >= 11 is 0.605. The molecule has 0 N–H and O–H groups in total. The number of hydrogen-bond acceptors (Lipinski definition) is 2. The Kier molecular flexibility index (Phi) is 5.13. The third-order valence-electron chi connectivity index (χ3n) is 0.738. The Bertz CT molecular complexity index is 72.8. The summed E-state index contributed by atoms with van der Waals surface area (Å²) in [6.45, 7) is 0. The van der Waals surface area contributed by atoms with Crippen molar-refractivity contribution in [1.29, 1.82) is 0 Å². The maximum absolute atomic E-state index is 10.4. The van der Waals surface area contributed by atoms with Crippen LogP contribution in [0.3, 0.4) is 0 Å². The molecule has 0 heterocycles. The predicted molar refractivity (Wildman–Crippen MR) is 33.1 cm³/mol. The van der Waals surface area contributed by atoms with E-state index < -0.39 is 0 Å². The molecule has 0 radical (unpaired) electrons. The molecule has 8 heavy (non-hydrogen) atoms. The van der Waals surface area contributed by atoms with E-state index in [1.807, 2.05) is 0 Å².